The van der Waals surface area contributed by atoms with Gasteiger partial charge in [0.05, 0.1) is 17.1 Å². The highest BCUT2D eigenvalue weighted by molar-refractivity contribution is 5.76. The Kier molecular flexibility index (Phi) is 2.31. The van der Waals surface area contributed by atoms with Gasteiger partial charge in [0.1, 0.15) is 5.82 Å². The molecule has 0 radical (unpaired) electrons. The van der Waals surface area contributed by atoms with Gasteiger partial charge in [0, 0.05) is 6.04 Å². The number of aromatic nitrogens is 2. The quantitative estimate of drug-likeness (QED) is 0.903. The Bertz CT molecular complexity index is 655. The van der Waals surface area contributed by atoms with E-state index in [1.165, 1.54) is 55.5 Å². The van der Waals surface area contributed by atoms with E-state index < -0.39 is 0 Å². The van der Waals surface area contributed by atoms with Crippen LogP contribution in [0.2, 0.25) is 0 Å². The van der Waals surface area contributed by atoms with Crippen LogP contribution in [0.4, 0.5) is 0 Å². The van der Waals surface area contributed by atoms with Crippen LogP contribution in [0.15, 0.2) is 24.3 Å². The molecule has 0 amide bonds. The molecule has 0 bridgehead atoms. The zero-order chi connectivity index (χ0) is 13.1. The van der Waals surface area contributed by atoms with Crippen molar-refractivity contribution in [1.29, 1.82) is 0 Å². The van der Waals surface area contributed by atoms with Gasteiger partial charge in [-0.15, -0.1) is 0 Å². The number of fused-ring (bicyclic) bond motifs is 2. The minimum atomic E-state index is 0.496. The Morgan fingerprint density at radius 3 is 2.90 bits per heavy atom. The predicted octanol–water partition coefficient (Wildman–Crippen LogP) is 3.43. The Morgan fingerprint density at radius 2 is 2.00 bits per heavy atom. The second-order valence-electron chi connectivity index (χ2n) is 6.80. The van der Waals surface area contributed by atoms with Gasteiger partial charge in [0.2, 0.25) is 0 Å². The van der Waals surface area contributed by atoms with Crippen molar-refractivity contribution in [2.75, 3.05) is 6.54 Å². The standard InChI is InChI=1S/C17H21N3/c1-2-7-15-14(6-1)19-17(20(15)12-8-9-12)16-13-5-3-4-11(13)10-18-16/h1-2,6-7,11-13,16,18H,3-5,8-10H2. The summed E-state index contributed by atoms with van der Waals surface area (Å²) >= 11 is 0. The second-order valence-corrected chi connectivity index (χ2v) is 6.80. The number of nitrogens with zero attached hydrogens (tertiary/aromatic N) is 2. The molecule has 0 spiro atoms. The van der Waals surface area contributed by atoms with Crippen LogP contribution in [-0.4, -0.2) is 16.1 Å². The average molecular weight is 267 g/mol. The summed E-state index contributed by atoms with van der Waals surface area (Å²) in [6.07, 6.45) is 6.87. The third-order valence-electron chi connectivity index (χ3n) is 5.56. The minimum absolute atomic E-state index is 0.496. The predicted molar refractivity (Wildman–Crippen MR) is 79.6 cm³/mol. The molecule has 2 heterocycles. The number of para-hydroxylation sites is 2. The molecule has 2 aromatic rings. The number of hydrogen-bond donors (Lipinski definition) is 1. The zero-order valence-corrected chi connectivity index (χ0v) is 11.8. The summed E-state index contributed by atoms with van der Waals surface area (Å²) in [4.78, 5) is 5.02. The van der Waals surface area contributed by atoms with Crippen LogP contribution in [0.25, 0.3) is 11.0 Å². The van der Waals surface area contributed by atoms with Crippen LogP contribution in [0.1, 0.15) is 50.0 Å². The molecule has 1 N–H and O–H groups in total. The summed E-state index contributed by atoms with van der Waals surface area (Å²) in [7, 11) is 0. The largest absolute Gasteiger partial charge is 0.324 e. The Balaban J connectivity index is 1.66. The number of nitrogens with one attached hydrogen (secondary N) is 1. The van der Waals surface area contributed by atoms with Crippen molar-refractivity contribution in [3.05, 3.63) is 30.1 Å². The molecule has 3 unspecified atom stereocenters. The molecule has 104 valence electrons. The summed E-state index contributed by atoms with van der Waals surface area (Å²) in [5.74, 6) is 3.04. The molecular weight excluding hydrogens is 246 g/mol. The lowest BCUT2D eigenvalue weighted by atomic mass is 9.93. The lowest BCUT2D eigenvalue weighted by molar-refractivity contribution is 0.398. The van der Waals surface area contributed by atoms with Gasteiger partial charge in [-0.05, 0) is 56.2 Å². The SMILES string of the molecule is c1ccc2c(c1)nc(C1NCC3CCCC31)n2C1CC1. The van der Waals surface area contributed by atoms with E-state index in [4.69, 9.17) is 4.98 Å². The number of rotatable bonds is 2. The van der Waals surface area contributed by atoms with Gasteiger partial charge in [-0.25, -0.2) is 4.98 Å². The molecule has 3 atom stereocenters. The lowest BCUT2D eigenvalue weighted by Crippen LogP contribution is -2.22. The molecule has 1 saturated heterocycles. The van der Waals surface area contributed by atoms with Gasteiger partial charge < -0.3 is 9.88 Å². The van der Waals surface area contributed by atoms with Crippen molar-refractivity contribution in [2.45, 2.75) is 44.2 Å². The van der Waals surface area contributed by atoms with Gasteiger partial charge in [0.15, 0.2) is 0 Å². The Morgan fingerprint density at radius 1 is 1.10 bits per heavy atom. The number of benzene rings is 1. The van der Waals surface area contributed by atoms with E-state index in [2.05, 4.69) is 34.1 Å². The molecular formula is C17H21N3. The van der Waals surface area contributed by atoms with Crippen LogP contribution in [-0.2, 0) is 0 Å². The zero-order valence-electron chi connectivity index (χ0n) is 11.8. The first-order valence-corrected chi connectivity index (χ1v) is 8.12. The van der Waals surface area contributed by atoms with Gasteiger partial charge in [-0.2, -0.15) is 0 Å². The lowest BCUT2D eigenvalue weighted by Gasteiger charge is -2.19. The fourth-order valence-electron chi connectivity index (χ4n) is 4.47. The van der Waals surface area contributed by atoms with Crippen molar-refractivity contribution >= 4 is 11.0 Å². The summed E-state index contributed by atoms with van der Waals surface area (Å²) in [5.41, 5.74) is 2.52. The van der Waals surface area contributed by atoms with Gasteiger partial charge in [-0.3, -0.25) is 0 Å². The van der Waals surface area contributed by atoms with E-state index in [-0.39, 0.29) is 0 Å². The first kappa shape index (κ1) is 11.3. The molecule has 1 aromatic carbocycles. The summed E-state index contributed by atoms with van der Waals surface area (Å²) < 4.78 is 2.55. The summed E-state index contributed by atoms with van der Waals surface area (Å²) in [5, 5.41) is 3.78. The molecule has 1 aromatic heterocycles. The normalized spacial score (nSPS) is 32.9. The maximum Gasteiger partial charge on any atom is 0.127 e. The summed E-state index contributed by atoms with van der Waals surface area (Å²) in [6.45, 7) is 1.20. The van der Waals surface area contributed by atoms with E-state index in [1.54, 1.807) is 0 Å². The topological polar surface area (TPSA) is 29.9 Å². The van der Waals surface area contributed by atoms with Gasteiger partial charge >= 0.3 is 0 Å². The fourth-order valence-corrected chi connectivity index (χ4v) is 4.47. The Hall–Kier alpha value is -1.35. The molecule has 2 aliphatic carbocycles. The van der Waals surface area contributed by atoms with Crippen molar-refractivity contribution in [3.63, 3.8) is 0 Å². The third-order valence-corrected chi connectivity index (χ3v) is 5.56. The highest BCUT2D eigenvalue weighted by Gasteiger charge is 2.43. The molecule has 20 heavy (non-hydrogen) atoms. The van der Waals surface area contributed by atoms with E-state index in [0.29, 0.717) is 12.1 Å². The van der Waals surface area contributed by atoms with Crippen molar-refractivity contribution in [2.24, 2.45) is 11.8 Å². The average Bonchev–Trinajstić information content (AvgIpc) is 2.92. The number of hydrogen-bond acceptors (Lipinski definition) is 2. The van der Waals surface area contributed by atoms with Crippen LogP contribution >= 0.6 is 0 Å². The molecule has 3 nitrogen and oxygen atoms in total. The van der Waals surface area contributed by atoms with Crippen molar-refractivity contribution in [3.8, 4) is 0 Å². The highest BCUT2D eigenvalue weighted by Crippen LogP contribution is 2.47. The van der Waals surface area contributed by atoms with E-state index >= 15 is 0 Å². The van der Waals surface area contributed by atoms with Crippen LogP contribution in [0, 0.1) is 11.8 Å². The fraction of sp³-hybridized carbons (Fsp3) is 0.588. The number of imidazole rings is 1. The monoisotopic (exact) mass is 267 g/mol. The maximum atomic E-state index is 5.02. The molecule has 3 aliphatic rings. The molecule has 1 aliphatic heterocycles. The highest BCUT2D eigenvalue weighted by atomic mass is 15.2. The molecule has 3 heteroatoms. The first-order chi connectivity index (χ1) is 9.92. The minimum Gasteiger partial charge on any atom is -0.324 e. The van der Waals surface area contributed by atoms with Gasteiger partial charge in [0.25, 0.3) is 0 Å². The molecule has 5 rings (SSSR count). The first-order valence-electron chi connectivity index (χ1n) is 8.12. The molecule has 3 fully saturated rings. The van der Waals surface area contributed by atoms with Crippen molar-refractivity contribution < 1.29 is 0 Å². The summed E-state index contributed by atoms with van der Waals surface area (Å²) in [6, 6.07) is 9.86. The smallest absolute Gasteiger partial charge is 0.127 e. The maximum absolute atomic E-state index is 5.02. The van der Waals surface area contributed by atoms with Crippen LogP contribution in [0.5, 0.6) is 0 Å². The van der Waals surface area contributed by atoms with Gasteiger partial charge in [-0.1, -0.05) is 18.6 Å². The second kappa shape index (κ2) is 4.08. The molecule has 2 saturated carbocycles. The van der Waals surface area contributed by atoms with E-state index in [1.807, 2.05) is 0 Å². The Labute approximate surface area is 119 Å². The van der Waals surface area contributed by atoms with Crippen LogP contribution in [0.3, 0.4) is 0 Å². The third kappa shape index (κ3) is 1.53. The van der Waals surface area contributed by atoms with E-state index in [0.717, 1.165) is 11.8 Å². The van der Waals surface area contributed by atoms with E-state index in [9.17, 15) is 0 Å². The van der Waals surface area contributed by atoms with Crippen LogP contribution < -0.4 is 5.32 Å². The van der Waals surface area contributed by atoms with Crippen molar-refractivity contribution in [1.82, 2.24) is 14.9 Å².